The second kappa shape index (κ2) is 8.05. The number of amides is 1. The number of likely N-dealkylation sites (tertiary alicyclic amines) is 1. The van der Waals surface area contributed by atoms with Crippen LogP contribution in [0.25, 0.3) is 0 Å². The summed E-state index contributed by atoms with van der Waals surface area (Å²) in [5.41, 5.74) is 0.316. The molecule has 146 valence electrons. The number of carbonyl (C=O) groups is 1. The zero-order valence-corrected chi connectivity index (χ0v) is 16.5. The van der Waals surface area contributed by atoms with Crippen molar-refractivity contribution in [1.29, 1.82) is 0 Å². The van der Waals surface area contributed by atoms with Crippen molar-refractivity contribution in [2.45, 2.75) is 38.8 Å². The topological polar surface area (TPSA) is 63.9 Å². The lowest BCUT2D eigenvalue weighted by Gasteiger charge is -2.27. The highest BCUT2D eigenvalue weighted by atomic mass is 16.5. The Labute approximate surface area is 160 Å². The third-order valence-corrected chi connectivity index (χ3v) is 4.99. The Morgan fingerprint density at radius 3 is 2.48 bits per heavy atom. The van der Waals surface area contributed by atoms with E-state index in [0.717, 1.165) is 31.0 Å². The molecular weight excluding hydrogens is 344 g/mol. The molecule has 0 aliphatic carbocycles. The molecule has 1 aromatic carbocycles. The molecule has 0 bridgehead atoms. The van der Waals surface area contributed by atoms with Gasteiger partial charge in [-0.15, -0.1) is 0 Å². The van der Waals surface area contributed by atoms with E-state index in [1.54, 1.807) is 20.3 Å². The maximum Gasteiger partial charge on any atom is 0.287 e. The van der Waals surface area contributed by atoms with Gasteiger partial charge in [-0.3, -0.25) is 9.69 Å². The number of furan rings is 1. The highest BCUT2D eigenvalue weighted by molar-refractivity contribution is 5.92. The van der Waals surface area contributed by atoms with Gasteiger partial charge in [-0.25, -0.2) is 0 Å². The molecule has 2 heterocycles. The molecule has 0 radical (unpaired) electrons. The van der Waals surface area contributed by atoms with Gasteiger partial charge in [0.05, 0.1) is 26.3 Å². The van der Waals surface area contributed by atoms with E-state index in [4.69, 9.17) is 13.9 Å². The van der Waals surface area contributed by atoms with Crippen LogP contribution in [0.1, 0.15) is 48.6 Å². The van der Waals surface area contributed by atoms with Crippen LogP contribution in [-0.4, -0.2) is 38.1 Å². The van der Waals surface area contributed by atoms with E-state index in [1.807, 2.05) is 38.1 Å². The largest absolute Gasteiger partial charge is 0.493 e. The van der Waals surface area contributed by atoms with Crippen LogP contribution >= 0.6 is 0 Å². The Morgan fingerprint density at radius 1 is 1.11 bits per heavy atom. The molecule has 1 aliphatic rings. The Bertz CT molecular complexity index is 791. The van der Waals surface area contributed by atoms with Crippen molar-refractivity contribution in [3.63, 3.8) is 0 Å². The minimum Gasteiger partial charge on any atom is -0.493 e. The van der Waals surface area contributed by atoms with E-state index in [-0.39, 0.29) is 5.91 Å². The summed E-state index contributed by atoms with van der Waals surface area (Å²) in [7, 11) is 3.19. The summed E-state index contributed by atoms with van der Waals surface area (Å²) in [5, 5.41) is 3.04. The van der Waals surface area contributed by atoms with Crippen molar-refractivity contribution in [2.75, 3.05) is 27.3 Å². The van der Waals surface area contributed by atoms with Crippen LogP contribution < -0.4 is 14.8 Å². The number of carbonyl (C=O) groups excluding carboxylic acids is 1. The minimum absolute atomic E-state index is 0.234. The van der Waals surface area contributed by atoms with E-state index >= 15 is 0 Å². The Kier molecular flexibility index (Phi) is 5.75. The number of hydrogen-bond donors (Lipinski definition) is 1. The van der Waals surface area contributed by atoms with Gasteiger partial charge in [-0.1, -0.05) is 6.07 Å². The van der Waals surface area contributed by atoms with Crippen molar-refractivity contribution in [3.8, 4) is 11.5 Å². The van der Waals surface area contributed by atoms with Gasteiger partial charge >= 0.3 is 0 Å². The van der Waals surface area contributed by atoms with Crippen LogP contribution in [0.15, 0.2) is 34.7 Å². The molecule has 6 heteroatoms. The van der Waals surface area contributed by atoms with Crippen molar-refractivity contribution >= 4 is 5.91 Å². The van der Waals surface area contributed by atoms with E-state index in [2.05, 4.69) is 10.2 Å². The molecule has 0 saturated carbocycles. The molecule has 0 unspecified atom stereocenters. The van der Waals surface area contributed by atoms with Gasteiger partial charge in [0.1, 0.15) is 5.76 Å². The van der Waals surface area contributed by atoms with Crippen molar-refractivity contribution < 1.29 is 18.7 Å². The fourth-order valence-corrected chi connectivity index (χ4v) is 3.39. The highest BCUT2D eigenvalue weighted by Gasteiger charge is 2.26. The predicted octanol–water partition coefficient (Wildman–Crippen LogP) is 3.56. The smallest absolute Gasteiger partial charge is 0.287 e. The molecule has 0 atom stereocenters. The molecule has 0 spiro atoms. The SMILES string of the molecule is COc1ccc(C(C)(C)NC(=O)c2ccc(CN3CCCC3)o2)cc1OC. The molecule has 1 saturated heterocycles. The quantitative estimate of drug-likeness (QED) is 0.805. The van der Waals surface area contributed by atoms with Crippen LogP contribution in [0, 0.1) is 0 Å². The summed E-state index contributed by atoms with van der Waals surface area (Å²) in [6, 6.07) is 9.26. The second-order valence-corrected chi connectivity index (χ2v) is 7.40. The molecule has 1 fully saturated rings. The zero-order valence-electron chi connectivity index (χ0n) is 16.5. The zero-order chi connectivity index (χ0) is 19.4. The first-order chi connectivity index (χ1) is 12.9. The third kappa shape index (κ3) is 4.45. The number of rotatable bonds is 7. The molecule has 1 aliphatic heterocycles. The minimum atomic E-state index is -0.599. The Hall–Kier alpha value is -2.47. The predicted molar refractivity (Wildman–Crippen MR) is 103 cm³/mol. The number of hydrogen-bond acceptors (Lipinski definition) is 5. The van der Waals surface area contributed by atoms with Crippen molar-refractivity contribution in [3.05, 3.63) is 47.4 Å². The van der Waals surface area contributed by atoms with E-state index in [0.29, 0.717) is 17.3 Å². The van der Waals surface area contributed by atoms with Gasteiger partial charge in [0.25, 0.3) is 5.91 Å². The molecule has 2 aromatic rings. The fourth-order valence-electron chi connectivity index (χ4n) is 3.39. The summed E-state index contributed by atoms with van der Waals surface area (Å²) in [5.74, 6) is 2.20. The molecule has 27 heavy (non-hydrogen) atoms. The van der Waals surface area contributed by atoms with Crippen LogP contribution in [0.2, 0.25) is 0 Å². The van der Waals surface area contributed by atoms with Crippen LogP contribution in [0.5, 0.6) is 11.5 Å². The first kappa shape index (κ1) is 19.3. The van der Waals surface area contributed by atoms with Gasteiger partial charge in [-0.2, -0.15) is 0 Å². The summed E-state index contributed by atoms with van der Waals surface area (Å²) < 4.78 is 16.4. The summed E-state index contributed by atoms with van der Waals surface area (Å²) in [6.45, 7) is 6.83. The van der Waals surface area contributed by atoms with Crippen LogP contribution in [0.4, 0.5) is 0 Å². The van der Waals surface area contributed by atoms with Gasteiger partial charge < -0.3 is 19.2 Å². The molecular formula is C21H28N2O4. The number of benzene rings is 1. The maximum atomic E-state index is 12.7. The molecule has 1 N–H and O–H groups in total. The van der Waals surface area contributed by atoms with Crippen molar-refractivity contribution in [1.82, 2.24) is 10.2 Å². The number of nitrogens with one attached hydrogen (secondary N) is 1. The van der Waals surface area contributed by atoms with Gasteiger partial charge in [0, 0.05) is 0 Å². The van der Waals surface area contributed by atoms with Gasteiger partial charge in [0.2, 0.25) is 0 Å². The van der Waals surface area contributed by atoms with E-state index in [1.165, 1.54) is 12.8 Å². The van der Waals surface area contributed by atoms with Crippen LogP contribution in [0.3, 0.4) is 0 Å². The first-order valence-corrected chi connectivity index (χ1v) is 9.29. The summed E-state index contributed by atoms with van der Waals surface area (Å²) in [6.07, 6.45) is 2.46. The van der Waals surface area contributed by atoms with Gasteiger partial charge in [0.15, 0.2) is 17.3 Å². The Balaban J connectivity index is 1.69. The lowest BCUT2D eigenvalue weighted by atomic mass is 9.93. The fraction of sp³-hybridized carbons (Fsp3) is 0.476. The number of ether oxygens (including phenoxy) is 2. The second-order valence-electron chi connectivity index (χ2n) is 7.40. The molecule has 3 rings (SSSR count). The Morgan fingerprint density at radius 2 is 1.81 bits per heavy atom. The molecule has 1 amide bonds. The average Bonchev–Trinajstić information content (AvgIpc) is 3.33. The highest BCUT2D eigenvalue weighted by Crippen LogP contribution is 2.32. The average molecular weight is 372 g/mol. The summed E-state index contributed by atoms with van der Waals surface area (Å²) >= 11 is 0. The standard InChI is InChI=1S/C21H28N2O4/c1-21(2,15-7-9-17(25-3)19(13-15)26-4)22-20(24)18-10-8-16(27-18)14-23-11-5-6-12-23/h7-10,13H,5-6,11-12,14H2,1-4H3,(H,22,24). The first-order valence-electron chi connectivity index (χ1n) is 9.29. The van der Waals surface area contributed by atoms with Crippen molar-refractivity contribution in [2.24, 2.45) is 0 Å². The lowest BCUT2D eigenvalue weighted by Crippen LogP contribution is -2.40. The third-order valence-electron chi connectivity index (χ3n) is 4.99. The normalized spacial score (nSPS) is 15.0. The number of nitrogens with zero attached hydrogens (tertiary/aromatic N) is 1. The monoisotopic (exact) mass is 372 g/mol. The number of methoxy groups -OCH3 is 2. The molecule has 6 nitrogen and oxygen atoms in total. The summed E-state index contributed by atoms with van der Waals surface area (Å²) in [4.78, 5) is 15.0. The van der Waals surface area contributed by atoms with Gasteiger partial charge in [-0.05, 0) is 69.6 Å². The maximum absolute atomic E-state index is 12.7. The van der Waals surface area contributed by atoms with E-state index in [9.17, 15) is 4.79 Å². The molecule has 1 aromatic heterocycles. The van der Waals surface area contributed by atoms with E-state index < -0.39 is 5.54 Å². The lowest BCUT2D eigenvalue weighted by molar-refractivity contribution is 0.0880. The van der Waals surface area contributed by atoms with Crippen LogP contribution in [-0.2, 0) is 12.1 Å².